The summed E-state index contributed by atoms with van der Waals surface area (Å²) < 4.78 is 0. The maximum atomic E-state index is 5.84. The van der Waals surface area contributed by atoms with Crippen molar-refractivity contribution < 1.29 is 0 Å². The highest BCUT2D eigenvalue weighted by molar-refractivity contribution is 7.99. The van der Waals surface area contributed by atoms with Gasteiger partial charge in [0.15, 0.2) is 0 Å². The van der Waals surface area contributed by atoms with Crippen LogP contribution in [0.5, 0.6) is 0 Å². The first kappa shape index (κ1) is 11.8. The summed E-state index contributed by atoms with van der Waals surface area (Å²) in [5, 5.41) is 0. The predicted octanol–water partition coefficient (Wildman–Crippen LogP) is 2.77. The van der Waals surface area contributed by atoms with Crippen molar-refractivity contribution in [1.29, 1.82) is 0 Å². The van der Waals surface area contributed by atoms with Gasteiger partial charge in [0.25, 0.3) is 0 Å². The lowest BCUT2D eigenvalue weighted by Gasteiger charge is -2.38. The zero-order chi connectivity index (χ0) is 11.5. The average molecular weight is 236 g/mol. The molecular formula is C13H20N2S. The Balaban J connectivity index is 2.14. The van der Waals surface area contributed by atoms with Crippen LogP contribution in [0.4, 0.5) is 5.69 Å². The smallest absolute Gasteiger partial charge is 0.0324 e. The Hall–Kier alpha value is -0.670. The van der Waals surface area contributed by atoms with Gasteiger partial charge in [0.2, 0.25) is 0 Å². The number of nitrogens with two attached hydrogens (primary N) is 1. The Morgan fingerprint density at radius 1 is 1.50 bits per heavy atom. The molecule has 0 saturated carbocycles. The summed E-state index contributed by atoms with van der Waals surface area (Å²) in [6.07, 6.45) is 0. The second-order valence-electron chi connectivity index (χ2n) is 4.51. The van der Waals surface area contributed by atoms with Crippen LogP contribution in [-0.2, 0) is 0 Å². The van der Waals surface area contributed by atoms with E-state index in [1.165, 1.54) is 23.6 Å². The Morgan fingerprint density at radius 3 is 3.00 bits per heavy atom. The monoisotopic (exact) mass is 236 g/mol. The molecule has 2 rings (SSSR count). The Labute approximate surface area is 102 Å². The van der Waals surface area contributed by atoms with Gasteiger partial charge in [-0.15, -0.1) is 0 Å². The van der Waals surface area contributed by atoms with Gasteiger partial charge in [-0.1, -0.05) is 12.1 Å². The molecule has 2 nitrogen and oxygen atoms in total. The van der Waals surface area contributed by atoms with E-state index in [4.69, 9.17) is 5.73 Å². The quantitative estimate of drug-likeness (QED) is 0.801. The highest BCUT2D eigenvalue weighted by atomic mass is 32.2. The molecule has 1 aromatic carbocycles. The van der Waals surface area contributed by atoms with Gasteiger partial charge in [0.05, 0.1) is 0 Å². The van der Waals surface area contributed by atoms with E-state index >= 15 is 0 Å². The van der Waals surface area contributed by atoms with Crippen molar-refractivity contribution in [2.45, 2.75) is 25.9 Å². The molecule has 3 heteroatoms. The van der Waals surface area contributed by atoms with E-state index in [0.29, 0.717) is 12.1 Å². The highest BCUT2D eigenvalue weighted by Crippen LogP contribution is 2.28. The number of nitrogen functional groups attached to an aromatic ring is 1. The predicted molar refractivity (Wildman–Crippen MR) is 72.8 cm³/mol. The van der Waals surface area contributed by atoms with Gasteiger partial charge < -0.3 is 5.73 Å². The number of hydrogen-bond acceptors (Lipinski definition) is 3. The van der Waals surface area contributed by atoms with Crippen molar-refractivity contribution >= 4 is 17.4 Å². The zero-order valence-corrected chi connectivity index (χ0v) is 10.8. The van der Waals surface area contributed by atoms with Crippen LogP contribution < -0.4 is 5.73 Å². The minimum Gasteiger partial charge on any atom is -0.399 e. The largest absolute Gasteiger partial charge is 0.399 e. The van der Waals surface area contributed by atoms with Crippen molar-refractivity contribution in [3.63, 3.8) is 0 Å². The molecule has 0 bridgehead atoms. The molecule has 2 atom stereocenters. The SMILES string of the molecule is CC1CSCCN1C(C)c1cccc(N)c1. The molecule has 0 amide bonds. The van der Waals surface area contributed by atoms with E-state index in [0.717, 1.165) is 5.69 Å². The van der Waals surface area contributed by atoms with Crippen LogP contribution in [0.3, 0.4) is 0 Å². The van der Waals surface area contributed by atoms with Crippen molar-refractivity contribution in [1.82, 2.24) is 4.90 Å². The fourth-order valence-corrected chi connectivity index (χ4v) is 3.36. The molecule has 16 heavy (non-hydrogen) atoms. The number of anilines is 1. The second kappa shape index (κ2) is 5.11. The van der Waals surface area contributed by atoms with Crippen molar-refractivity contribution in [2.75, 3.05) is 23.8 Å². The van der Waals surface area contributed by atoms with E-state index < -0.39 is 0 Å². The lowest BCUT2D eigenvalue weighted by Crippen LogP contribution is -2.41. The van der Waals surface area contributed by atoms with Gasteiger partial charge in [-0.3, -0.25) is 4.90 Å². The van der Waals surface area contributed by atoms with E-state index in [-0.39, 0.29) is 0 Å². The normalized spacial score (nSPS) is 24.2. The average Bonchev–Trinajstić information content (AvgIpc) is 2.29. The van der Waals surface area contributed by atoms with Crippen molar-refractivity contribution in [3.8, 4) is 0 Å². The van der Waals surface area contributed by atoms with Crippen molar-refractivity contribution in [2.24, 2.45) is 0 Å². The summed E-state index contributed by atoms with van der Waals surface area (Å²) in [4.78, 5) is 2.57. The summed E-state index contributed by atoms with van der Waals surface area (Å²) in [5.74, 6) is 2.49. The third-order valence-corrected chi connectivity index (χ3v) is 4.50. The standard InChI is InChI=1S/C13H20N2S/c1-10-9-16-7-6-15(10)11(2)12-4-3-5-13(14)8-12/h3-5,8,10-11H,6-7,9,14H2,1-2H3. The molecule has 0 aliphatic carbocycles. The third-order valence-electron chi connectivity index (χ3n) is 3.31. The number of hydrogen-bond donors (Lipinski definition) is 1. The molecule has 1 aliphatic rings. The minimum absolute atomic E-state index is 0.472. The van der Waals surface area contributed by atoms with Crippen molar-refractivity contribution in [3.05, 3.63) is 29.8 Å². The lowest BCUT2D eigenvalue weighted by molar-refractivity contribution is 0.174. The molecule has 0 aromatic heterocycles. The number of benzene rings is 1. The van der Waals surface area contributed by atoms with Crippen LogP contribution in [0, 0.1) is 0 Å². The van der Waals surface area contributed by atoms with Gasteiger partial charge in [0, 0.05) is 35.8 Å². The zero-order valence-electron chi connectivity index (χ0n) is 10.0. The fraction of sp³-hybridized carbons (Fsp3) is 0.538. The summed E-state index contributed by atoms with van der Waals surface area (Å²) in [5.41, 5.74) is 8.03. The first-order valence-corrected chi connectivity index (χ1v) is 7.03. The number of thioether (sulfide) groups is 1. The Morgan fingerprint density at radius 2 is 2.31 bits per heavy atom. The third kappa shape index (κ3) is 2.53. The van der Waals surface area contributed by atoms with Crippen LogP contribution >= 0.6 is 11.8 Å². The molecule has 2 unspecified atom stereocenters. The molecule has 88 valence electrons. The molecule has 1 saturated heterocycles. The van der Waals surface area contributed by atoms with E-state index in [1.807, 2.05) is 12.1 Å². The highest BCUT2D eigenvalue weighted by Gasteiger charge is 2.24. The van der Waals surface area contributed by atoms with Gasteiger partial charge in [0.1, 0.15) is 0 Å². The molecule has 1 heterocycles. The summed E-state index contributed by atoms with van der Waals surface area (Å²) >= 11 is 2.06. The van der Waals surface area contributed by atoms with Crippen LogP contribution in [-0.4, -0.2) is 29.0 Å². The Kier molecular flexibility index (Phi) is 3.77. The van der Waals surface area contributed by atoms with Crippen LogP contribution in [0.15, 0.2) is 24.3 Å². The number of rotatable bonds is 2. The van der Waals surface area contributed by atoms with Crippen LogP contribution in [0.2, 0.25) is 0 Å². The topological polar surface area (TPSA) is 29.3 Å². The lowest BCUT2D eigenvalue weighted by atomic mass is 10.0. The summed E-state index contributed by atoms with van der Waals surface area (Å²) in [7, 11) is 0. The van der Waals surface area contributed by atoms with Crippen LogP contribution in [0.1, 0.15) is 25.5 Å². The molecule has 0 spiro atoms. The fourth-order valence-electron chi connectivity index (χ4n) is 2.33. The maximum Gasteiger partial charge on any atom is 0.0324 e. The van der Waals surface area contributed by atoms with E-state index in [9.17, 15) is 0 Å². The first-order valence-electron chi connectivity index (χ1n) is 5.87. The molecular weight excluding hydrogens is 216 g/mol. The molecule has 2 N–H and O–H groups in total. The van der Waals surface area contributed by atoms with Gasteiger partial charge in [-0.25, -0.2) is 0 Å². The van der Waals surface area contributed by atoms with Gasteiger partial charge in [-0.05, 0) is 31.5 Å². The first-order chi connectivity index (χ1) is 7.68. The molecule has 0 radical (unpaired) electrons. The molecule has 1 aliphatic heterocycles. The van der Waals surface area contributed by atoms with Crippen LogP contribution in [0.25, 0.3) is 0 Å². The van der Waals surface area contributed by atoms with E-state index in [2.05, 4.69) is 42.6 Å². The number of nitrogens with zero attached hydrogens (tertiary/aromatic N) is 1. The maximum absolute atomic E-state index is 5.84. The molecule has 1 aromatic rings. The van der Waals surface area contributed by atoms with Gasteiger partial charge in [-0.2, -0.15) is 11.8 Å². The summed E-state index contributed by atoms with van der Waals surface area (Å²) in [6, 6.07) is 9.40. The summed E-state index contributed by atoms with van der Waals surface area (Å²) in [6.45, 7) is 5.78. The second-order valence-corrected chi connectivity index (χ2v) is 5.66. The Bertz CT molecular complexity index is 354. The van der Waals surface area contributed by atoms with E-state index in [1.54, 1.807) is 0 Å². The van der Waals surface area contributed by atoms with Gasteiger partial charge >= 0.3 is 0 Å². The molecule has 1 fully saturated rings. The minimum atomic E-state index is 0.472.